The van der Waals surface area contributed by atoms with Crippen molar-refractivity contribution in [1.29, 1.82) is 0 Å². The molecule has 0 aliphatic heterocycles. The molecule has 0 unspecified atom stereocenters. The highest BCUT2D eigenvalue weighted by atomic mass is 35.5. The van der Waals surface area contributed by atoms with Crippen LogP contribution in [0.1, 0.15) is 16.7 Å². The Balaban J connectivity index is 1.77. The van der Waals surface area contributed by atoms with Gasteiger partial charge in [0.05, 0.1) is 0 Å². The van der Waals surface area contributed by atoms with Gasteiger partial charge in [-0.3, -0.25) is 0 Å². The number of hydrogen-bond acceptors (Lipinski definition) is 1. The quantitative estimate of drug-likeness (QED) is 0.269. The maximum atomic E-state index is 12.9. The zero-order valence-corrected chi connectivity index (χ0v) is 19.7. The van der Waals surface area contributed by atoms with E-state index < -0.39 is 5.60 Å². The molecule has 0 spiro atoms. The Labute approximate surface area is 208 Å². The molecule has 1 N–H and O–H groups in total. The smallest absolute Gasteiger partial charge is 0.142 e. The topological polar surface area (TPSA) is 20.2 Å². The lowest BCUT2D eigenvalue weighted by Crippen LogP contribution is -2.30. The van der Waals surface area contributed by atoms with Gasteiger partial charge < -0.3 is 5.11 Å². The molecule has 0 radical (unpaired) electrons. The average molecular weight is 479 g/mol. The fraction of sp³-hybridized carbons (Fsp3) is 0.0323. The summed E-state index contributed by atoms with van der Waals surface area (Å²) in [5.41, 5.74) is 6.94. The van der Waals surface area contributed by atoms with Gasteiger partial charge in [0.2, 0.25) is 0 Å². The second-order valence-corrected chi connectivity index (χ2v) is 9.42. The molecule has 0 fully saturated rings. The van der Waals surface area contributed by atoms with E-state index in [4.69, 9.17) is 23.2 Å². The molecule has 34 heavy (non-hydrogen) atoms. The summed E-state index contributed by atoms with van der Waals surface area (Å²) in [5.74, 6) is 0. The number of hydrogen-bond donors (Lipinski definition) is 1. The largest absolute Gasteiger partial charge is 0.376 e. The van der Waals surface area contributed by atoms with E-state index in [9.17, 15) is 5.11 Å². The summed E-state index contributed by atoms with van der Waals surface area (Å²) in [6.07, 6.45) is 0. The van der Waals surface area contributed by atoms with Crippen molar-refractivity contribution in [3.8, 4) is 33.4 Å². The van der Waals surface area contributed by atoms with Gasteiger partial charge >= 0.3 is 0 Å². The van der Waals surface area contributed by atoms with E-state index in [-0.39, 0.29) is 0 Å². The number of benzene rings is 5. The first-order chi connectivity index (χ1) is 16.6. The first-order valence-electron chi connectivity index (χ1n) is 11.1. The highest BCUT2D eigenvalue weighted by Gasteiger charge is 2.41. The van der Waals surface area contributed by atoms with Crippen LogP contribution in [0.15, 0.2) is 115 Å². The molecule has 1 aliphatic rings. The van der Waals surface area contributed by atoms with Gasteiger partial charge in [0.1, 0.15) is 5.60 Å². The van der Waals surface area contributed by atoms with Crippen LogP contribution in [-0.4, -0.2) is 5.11 Å². The standard InChI is InChI=1S/C31H20Cl2O/c32-21-9-7-8-20(18-21)27-19-22(33)16-17-30(27)31(34)28-14-5-3-12-25(28)23-10-1-2-11-24(23)26-13-4-6-15-29(26)31/h1-19,34H. The number of rotatable bonds is 2. The summed E-state index contributed by atoms with van der Waals surface area (Å²) in [5, 5.41) is 14.2. The minimum absolute atomic E-state index is 0.598. The summed E-state index contributed by atoms with van der Waals surface area (Å²) >= 11 is 12.8. The normalized spacial score (nSPS) is 13.4. The van der Waals surface area contributed by atoms with E-state index in [2.05, 4.69) is 24.3 Å². The van der Waals surface area contributed by atoms with Crippen molar-refractivity contribution in [3.63, 3.8) is 0 Å². The fourth-order valence-corrected chi connectivity index (χ4v) is 5.54. The predicted octanol–water partition coefficient (Wildman–Crippen LogP) is 8.59. The van der Waals surface area contributed by atoms with Gasteiger partial charge in [0.15, 0.2) is 0 Å². The van der Waals surface area contributed by atoms with Crippen molar-refractivity contribution in [1.82, 2.24) is 0 Å². The van der Waals surface area contributed by atoms with Crippen LogP contribution >= 0.6 is 23.2 Å². The maximum Gasteiger partial charge on any atom is 0.142 e. The first-order valence-corrected chi connectivity index (χ1v) is 11.9. The molecule has 1 aliphatic carbocycles. The Morgan fingerprint density at radius 2 is 0.941 bits per heavy atom. The zero-order chi connectivity index (χ0) is 23.3. The number of aliphatic hydroxyl groups is 1. The van der Waals surface area contributed by atoms with Gasteiger partial charge in [-0.15, -0.1) is 0 Å². The summed E-state index contributed by atoms with van der Waals surface area (Å²) in [4.78, 5) is 0. The molecule has 0 bridgehead atoms. The lowest BCUT2D eigenvalue weighted by molar-refractivity contribution is 0.128. The molecule has 5 aromatic carbocycles. The minimum Gasteiger partial charge on any atom is -0.376 e. The molecule has 0 amide bonds. The Hall–Kier alpha value is -3.36. The molecule has 164 valence electrons. The Morgan fingerprint density at radius 3 is 1.53 bits per heavy atom. The van der Waals surface area contributed by atoms with Gasteiger partial charge in [0, 0.05) is 26.7 Å². The van der Waals surface area contributed by atoms with Crippen LogP contribution in [-0.2, 0) is 5.60 Å². The molecule has 0 saturated carbocycles. The SMILES string of the molecule is OC1(c2ccc(Cl)cc2-c2cccc(Cl)c2)c2ccccc2-c2ccccc2-c2ccccc21. The third kappa shape index (κ3) is 3.20. The second kappa shape index (κ2) is 8.14. The first kappa shape index (κ1) is 21.2. The number of halogens is 2. The molecule has 5 aromatic rings. The molecule has 0 heterocycles. The van der Waals surface area contributed by atoms with Crippen LogP contribution in [0.2, 0.25) is 10.0 Å². The van der Waals surface area contributed by atoms with Gasteiger partial charge in [-0.2, -0.15) is 0 Å². The third-order valence-electron chi connectivity index (χ3n) is 6.65. The van der Waals surface area contributed by atoms with Crippen LogP contribution in [0.3, 0.4) is 0 Å². The molecule has 0 aromatic heterocycles. The van der Waals surface area contributed by atoms with E-state index in [1.54, 1.807) is 0 Å². The summed E-state index contributed by atoms with van der Waals surface area (Å²) in [6.45, 7) is 0. The molecule has 1 nitrogen and oxygen atoms in total. The molecule has 3 heteroatoms. The van der Waals surface area contributed by atoms with Crippen molar-refractivity contribution in [2.24, 2.45) is 0 Å². The zero-order valence-electron chi connectivity index (χ0n) is 18.2. The minimum atomic E-state index is -1.42. The molecule has 0 atom stereocenters. The summed E-state index contributed by atoms with van der Waals surface area (Å²) in [7, 11) is 0. The van der Waals surface area contributed by atoms with Crippen molar-refractivity contribution in [2.45, 2.75) is 5.60 Å². The Bertz CT molecular complexity index is 1490. The van der Waals surface area contributed by atoms with Gasteiger partial charge in [-0.25, -0.2) is 0 Å². The number of fused-ring (bicyclic) bond motifs is 5. The van der Waals surface area contributed by atoms with Crippen molar-refractivity contribution < 1.29 is 5.11 Å². The van der Waals surface area contributed by atoms with Gasteiger partial charge in [-0.1, -0.05) is 114 Å². The lowest BCUT2D eigenvalue weighted by Gasteiger charge is -2.33. The Morgan fingerprint density at radius 1 is 0.441 bits per heavy atom. The third-order valence-corrected chi connectivity index (χ3v) is 7.12. The van der Waals surface area contributed by atoms with Crippen LogP contribution in [0, 0.1) is 0 Å². The summed E-state index contributed by atoms with van der Waals surface area (Å²) in [6, 6.07) is 37.9. The van der Waals surface area contributed by atoms with E-state index in [0.29, 0.717) is 10.0 Å². The van der Waals surface area contributed by atoms with Crippen LogP contribution in [0.25, 0.3) is 33.4 Å². The van der Waals surface area contributed by atoms with E-state index in [1.165, 1.54) is 0 Å². The van der Waals surface area contributed by atoms with Crippen LogP contribution in [0.4, 0.5) is 0 Å². The van der Waals surface area contributed by atoms with Gasteiger partial charge in [0.25, 0.3) is 0 Å². The van der Waals surface area contributed by atoms with E-state index in [1.807, 2.05) is 91.0 Å². The monoisotopic (exact) mass is 478 g/mol. The summed E-state index contributed by atoms with van der Waals surface area (Å²) < 4.78 is 0. The molecule has 6 rings (SSSR count). The molecular formula is C31H20Cl2O. The van der Waals surface area contributed by atoms with Crippen LogP contribution in [0.5, 0.6) is 0 Å². The molecule has 0 saturated heterocycles. The van der Waals surface area contributed by atoms with E-state index in [0.717, 1.165) is 50.1 Å². The average Bonchev–Trinajstić information content (AvgIpc) is 2.97. The molecular weight excluding hydrogens is 459 g/mol. The Kier molecular flexibility index (Phi) is 5.08. The van der Waals surface area contributed by atoms with Gasteiger partial charge in [-0.05, 0) is 57.6 Å². The highest BCUT2D eigenvalue weighted by Crippen LogP contribution is 2.52. The fourth-order valence-electron chi connectivity index (χ4n) is 5.18. The lowest BCUT2D eigenvalue weighted by atomic mass is 9.75. The second-order valence-electron chi connectivity index (χ2n) is 8.55. The predicted molar refractivity (Wildman–Crippen MR) is 141 cm³/mol. The van der Waals surface area contributed by atoms with Crippen molar-refractivity contribution in [2.75, 3.05) is 0 Å². The maximum absolute atomic E-state index is 12.9. The van der Waals surface area contributed by atoms with Crippen LogP contribution < -0.4 is 0 Å². The van der Waals surface area contributed by atoms with Crippen molar-refractivity contribution in [3.05, 3.63) is 142 Å². The van der Waals surface area contributed by atoms with E-state index >= 15 is 0 Å². The van der Waals surface area contributed by atoms with Crippen molar-refractivity contribution >= 4 is 23.2 Å². The highest BCUT2D eigenvalue weighted by molar-refractivity contribution is 6.31.